The molecule has 0 spiro atoms. The molecule has 0 aliphatic rings. The number of hydrogen-bond donors (Lipinski definition) is 1. The molecule has 0 atom stereocenters. The summed E-state index contributed by atoms with van der Waals surface area (Å²) in [6.45, 7) is 0. The zero-order chi connectivity index (χ0) is 21.9. The summed E-state index contributed by atoms with van der Waals surface area (Å²) in [6.07, 6.45) is 0.0535. The van der Waals surface area contributed by atoms with Gasteiger partial charge in [0.15, 0.2) is 5.78 Å². The van der Waals surface area contributed by atoms with Gasteiger partial charge < -0.3 is 0 Å². The van der Waals surface area contributed by atoms with Crippen LogP contribution in [0.5, 0.6) is 0 Å². The molecule has 0 bridgehead atoms. The molecule has 3 aromatic rings. The standard InChI is InChI=1S/C20H14Cl2N2O5S/c21-18-8-7-13(9-19(18)22)10-20(25)14-3-1-4-15(11-14)23-30(28,29)17-6-2-5-16(12-17)24(26)27/h1-9,11-12,23H,10H2. The Bertz CT molecular complexity index is 1250. The Morgan fingerprint density at radius 2 is 1.70 bits per heavy atom. The maximum atomic E-state index is 12.6. The van der Waals surface area contributed by atoms with Crippen molar-refractivity contribution in [3.8, 4) is 0 Å². The van der Waals surface area contributed by atoms with Gasteiger partial charge in [-0.2, -0.15) is 0 Å². The average Bonchev–Trinajstić information content (AvgIpc) is 2.70. The Hall–Kier alpha value is -2.94. The van der Waals surface area contributed by atoms with Crippen LogP contribution in [0.2, 0.25) is 10.0 Å². The number of hydrogen-bond acceptors (Lipinski definition) is 5. The smallest absolute Gasteiger partial charge is 0.270 e. The maximum Gasteiger partial charge on any atom is 0.270 e. The van der Waals surface area contributed by atoms with E-state index in [9.17, 15) is 23.3 Å². The minimum absolute atomic E-state index is 0.0535. The van der Waals surface area contributed by atoms with Crippen LogP contribution in [0.4, 0.5) is 11.4 Å². The number of nitro groups is 1. The zero-order valence-electron chi connectivity index (χ0n) is 15.2. The Labute approximate surface area is 182 Å². The first-order chi connectivity index (χ1) is 14.2. The fraction of sp³-hybridized carbons (Fsp3) is 0.0500. The molecule has 0 aliphatic heterocycles. The molecule has 3 rings (SSSR count). The predicted molar refractivity (Wildman–Crippen MR) is 115 cm³/mol. The second kappa shape index (κ2) is 8.83. The van der Waals surface area contributed by atoms with Crippen LogP contribution < -0.4 is 4.72 Å². The van der Waals surface area contributed by atoms with Gasteiger partial charge in [0.1, 0.15) is 0 Å². The molecule has 0 fully saturated rings. The molecule has 30 heavy (non-hydrogen) atoms. The quantitative estimate of drug-likeness (QED) is 0.296. The van der Waals surface area contributed by atoms with Crippen LogP contribution in [0.15, 0.2) is 71.6 Å². The Balaban J connectivity index is 1.81. The van der Waals surface area contributed by atoms with E-state index in [0.29, 0.717) is 21.2 Å². The number of ketones is 1. The van der Waals surface area contributed by atoms with E-state index in [0.717, 1.165) is 6.07 Å². The highest BCUT2D eigenvalue weighted by Crippen LogP contribution is 2.24. The van der Waals surface area contributed by atoms with E-state index in [-0.39, 0.29) is 28.5 Å². The molecular weight excluding hydrogens is 451 g/mol. The highest BCUT2D eigenvalue weighted by atomic mass is 35.5. The fourth-order valence-corrected chi connectivity index (χ4v) is 4.08. The van der Waals surface area contributed by atoms with Gasteiger partial charge in [-0.15, -0.1) is 0 Å². The SMILES string of the molecule is O=C(Cc1ccc(Cl)c(Cl)c1)c1cccc(NS(=O)(=O)c2cccc([N+](=O)[O-])c2)c1. The van der Waals surface area contributed by atoms with Crippen LogP contribution >= 0.6 is 23.2 Å². The summed E-state index contributed by atoms with van der Waals surface area (Å²) < 4.78 is 27.5. The highest BCUT2D eigenvalue weighted by Gasteiger charge is 2.18. The van der Waals surface area contributed by atoms with E-state index in [4.69, 9.17) is 23.2 Å². The molecule has 0 amide bonds. The van der Waals surface area contributed by atoms with E-state index in [1.54, 1.807) is 24.3 Å². The number of non-ortho nitro benzene ring substituents is 1. The third-order valence-corrected chi connectivity index (χ3v) is 6.24. The van der Waals surface area contributed by atoms with E-state index in [2.05, 4.69) is 4.72 Å². The van der Waals surface area contributed by atoms with Crippen LogP contribution in [0.25, 0.3) is 0 Å². The molecule has 1 N–H and O–H groups in total. The highest BCUT2D eigenvalue weighted by molar-refractivity contribution is 7.92. The number of benzene rings is 3. The third kappa shape index (κ3) is 5.15. The van der Waals surface area contributed by atoms with Crippen LogP contribution in [-0.4, -0.2) is 19.1 Å². The molecular formula is C20H14Cl2N2O5S. The summed E-state index contributed by atoms with van der Waals surface area (Å²) in [7, 11) is -4.08. The van der Waals surface area contributed by atoms with E-state index in [1.165, 1.54) is 36.4 Å². The normalized spacial score (nSPS) is 11.1. The number of sulfonamides is 1. The van der Waals surface area contributed by atoms with Crippen molar-refractivity contribution in [3.63, 3.8) is 0 Å². The number of anilines is 1. The van der Waals surface area contributed by atoms with E-state index < -0.39 is 14.9 Å². The molecule has 0 unspecified atom stereocenters. The summed E-state index contributed by atoms with van der Waals surface area (Å²) >= 11 is 11.8. The second-order valence-electron chi connectivity index (χ2n) is 6.29. The van der Waals surface area contributed by atoms with Crippen molar-refractivity contribution in [2.45, 2.75) is 11.3 Å². The number of halogens is 2. The van der Waals surface area contributed by atoms with Gasteiger partial charge in [-0.05, 0) is 35.9 Å². The van der Waals surface area contributed by atoms with E-state index >= 15 is 0 Å². The number of Topliss-reactive ketones (excluding diaryl/α,β-unsaturated/α-hetero) is 1. The van der Waals surface area contributed by atoms with Gasteiger partial charge in [0.05, 0.1) is 19.9 Å². The number of nitrogens with one attached hydrogen (secondary N) is 1. The van der Waals surface area contributed by atoms with Crippen molar-refractivity contribution < 1.29 is 18.1 Å². The summed E-state index contributed by atoms with van der Waals surface area (Å²) in [5.41, 5.74) is 0.766. The number of carbonyl (C=O) groups is 1. The summed E-state index contributed by atoms with van der Waals surface area (Å²) in [6, 6.07) is 15.5. The van der Waals surface area contributed by atoms with Crippen molar-refractivity contribution in [1.29, 1.82) is 0 Å². The topological polar surface area (TPSA) is 106 Å². The number of nitro benzene ring substituents is 1. The van der Waals surface area contributed by atoms with Gasteiger partial charge in [0.25, 0.3) is 15.7 Å². The maximum absolute atomic E-state index is 12.6. The third-order valence-electron chi connectivity index (χ3n) is 4.12. The van der Waals surface area contributed by atoms with Crippen molar-refractivity contribution >= 4 is 50.4 Å². The number of rotatable bonds is 7. The van der Waals surface area contributed by atoms with E-state index in [1.807, 2.05) is 0 Å². The lowest BCUT2D eigenvalue weighted by Crippen LogP contribution is -2.14. The lowest BCUT2D eigenvalue weighted by atomic mass is 10.0. The van der Waals surface area contributed by atoms with Gasteiger partial charge in [0, 0.05) is 29.8 Å². The monoisotopic (exact) mass is 464 g/mol. The zero-order valence-corrected chi connectivity index (χ0v) is 17.5. The summed E-state index contributed by atoms with van der Waals surface area (Å²) in [5.74, 6) is -0.246. The van der Waals surface area contributed by atoms with Gasteiger partial charge >= 0.3 is 0 Å². The lowest BCUT2D eigenvalue weighted by Gasteiger charge is -2.10. The predicted octanol–water partition coefficient (Wildman–Crippen LogP) is 5.13. The Kier molecular flexibility index (Phi) is 6.40. The fourth-order valence-electron chi connectivity index (χ4n) is 2.67. The first-order valence-electron chi connectivity index (χ1n) is 8.50. The van der Waals surface area contributed by atoms with Gasteiger partial charge in [0.2, 0.25) is 0 Å². The number of nitrogens with zero attached hydrogens (tertiary/aromatic N) is 1. The molecule has 10 heteroatoms. The summed E-state index contributed by atoms with van der Waals surface area (Å²) in [4.78, 5) is 22.5. The van der Waals surface area contributed by atoms with Crippen LogP contribution in [-0.2, 0) is 16.4 Å². The molecule has 0 radical (unpaired) electrons. The van der Waals surface area contributed by atoms with Gasteiger partial charge in [-0.1, -0.05) is 47.5 Å². The van der Waals surface area contributed by atoms with Gasteiger partial charge in [-0.25, -0.2) is 8.42 Å². The molecule has 0 heterocycles. The molecule has 0 saturated heterocycles. The minimum atomic E-state index is -4.08. The molecule has 0 aromatic heterocycles. The van der Waals surface area contributed by atoms with Crippen LogP contribution in [0.1, 0.15) is 15.9 Å². The summed E-state index contributed by atoms with van der Waals surface area (Å²) in [5, 5.41) is 11.6. The number of carbonyl (C=O) groups excluding carboxylic acids is 1. The molecule has 3 aromatic carbocycles. The Morgan fingerprint density at radius 3 is 2.40 bits per heavy atom. The van der Waals surface area contributed by atoms with Crippen molar-refractivity contribution in [3.05, 3.63) is 98.0 Å². The van der Waals surface area contributed by atoms with Crippen LogP contribution in [0.3, 0.4) is 0 Å². The molecule has 7 nitrogen and oxygen atoms in total. The lowest BCUT2D eigenvalue weighted by molar-refractivity contribution is -0.385. The molecule has 154 valence electrons. The molecule has 0 saturated carbocycles. The molecule has 0 aliphatic carbocycles. The van der Waals surface area contributed by atoms with Crippen molar-refractivity contribution in [2.24, 2.45) is 0 Å². The first-order valence-corrected chi connectivity index (χ1v) is 10.7. The van der Waals surface area contributed by atoms with Gasteiger partial charge in [-0.3, -0.25) is 19.6 Å². The largest absolute Gasteiger partial charge is 0.294 e. The Morgan fingerprint density at radius 1 is 0.967 bits per heavy atom. The van der Waals surface area contributed by atoms with Crippen molar-refractivity contribution in [1.82, 2.24) is 0 Å². The first kappa shape index (κ1) is 21.8. The second-order valence-corrected chi connectivity index (χ2v) is 8.79. The minimum Gasteiger partial charge on any atom is -0.294 e. The van der Waals surface area contributed by atoms with Crippen molar-refractivity contribution in [2.75, 3.05) is 4.72 Å². The van der Waals surface area contributed by atoms with Crippen LogP contribution in [0, 0.1) is 10.1 Å². The average molecular weight is 465 g/mol.